The second-order valence-electron chi connectivity index (χ2n) is 5.28. The van der Waals surface area contributed by atoms with Crippen molar-refractivity contribution in [1.82, 2.24) is 5.32 Å². The van der Waals surface area contributed by atoms with Crippen LogP contribution in [0, 0.1) is 5.92 Å². The predicted octanol–water partition coefficient (Wildman–Crippen LogP) is 3.34. The fraction of sp³-hybridized carbons (Fsp3) is 0.625. The van der Waals surface area contributed by atoms with Gasteiger partial charge >= 0.3 is 0 Å². The highest BCUT2D eigenvalue weighted by Crippen LogP contribution is 2.41. The number of benzene rings is 1. The number of nitrogens with one attached hydrogen (secondary N) is 1. The van der Waals surface area contributed by atoms with E-state index in [1.165, 1.54) is 12.8 Å². The van der Waals surface area contributed by atoms with Crippen LogP contribution in [0.2, 0.25) is 0 Å². The summed E-state index contributed by atoms with van der Waals surface area (Å²) in [6, 6.07) is 4.54. The van der Waals surface area contributed by atoms with E-state index in [2.05, 4.69) is 26.1 Å². The molecule has 0 amide bonds. The first-order valence-electron chi connectivity index (χ1n) is 7.39. The fourth-order valence-corrected chi connectivity index (χ4v) is 2.73. The lowest BCUT2D eigenvalue weighted by Crippen LogP contribution is -2.32. The molecule has 2 rings (SSSR count). The van der Waals surface area contributed by atoms with Gasteiger partial charge in [0.2, 0.25) is 12.5 Å². The van der Waals surface area contributed by atoms with Crippen molar-refractivity contribution >= 4 is 0 Å². The van der Waals surface area contributed by atoms with Crippen LogP contribution >= 0.6 is 0 Å². The van der Waals surface area contributed by atoms with E-state index >= 15 is 0 Å². The van der Waals surface area contributed by atoms with Crippen molar-refractivity contribution < 1.29 is 14.2 Å². The zero-order valence-electron chi connectivity index (χ0n) is 12.9. The first kappa shape index (κ1) is 15.0. The molecule has 1 aliphatic rings. The summed E-state index contributed by atoms with van der Waals surface area (Å²) in [7, 11) is 1.65. The lowest BCUT2D eigenvalue weighted by molar-refractivity contribution is 0.171. The third kappa shape index (κ3) is 3.18. The van der Waals surface area contributed by atoms with Crippen LogP contribution in [0.15, 0.2) is 12.1 Å². The molecule has 1 aliphatic heterocycles. The minimum absolute atomic E-state index is 0.271. The SMILES string of the molecule is CCC(CC)C(C)NCc1cc(OC)c2c(c1)OCO2. The summed E-state index contributed by atoms with van der Waals surface area (Å²) in [6.07, 6.45) is 2.41. The highest BCUT2D eigenvalue weighted by molar-refractivity contribution is 5.55. The molecule has 0 fully saturated rings. The summed E-state index contributed by atoms with van der Waals surface area (Å²) in [5.74, 6) is 2.94. The third-order valence-corrected chi connectivity index (χ3v) is 4.10. The van der Waals surface area contributed by atoms with Crippen LogP contribution < -0.4 is 19.5 Å². The predicted molar refractivity (Wildman–Crippen MR) is 79.5 cm³/mol. The summed E-state index contributed by atoms with van der Waals surface area (Å²) in [6.45, 7) is 7.82. The van der Waals surface area contributed by atoms with E-state index in [1.807, 2.05) is 12.1 Å². The number of fused-ring (bicyclic) bond motifs is 1. The van der Waals surface area contributed by atoms with Gasteiger partial charge < -0.3 is 19.5 Å². The van der Waals surface area contributed by atoms with Crippen LogP contribution in [0.25, 0.3) is 0 Å². The van der Waals surface area contributed by atoms with Crippen LogP contribution in [-0.4, -0.2) is 19.9 Å². The second kappa shape index (κ2) is 6.84. The van der Waals surface area contributed by atoms with Crippen molar-refractivity contribution in [1.29, 1.82) is 0 Å². The second-order valence-corrected chi connectivity index (χ2v) is 5.28. The van der Waals surface area contributed by atoms with Crippen LogP contribution in [0.5, 0.6) is 17.2 Å². The minimum atomic E-state index is 0.271. The van der Waals surface area contributed by atoms with Crippen molar-refractivity contribution in [2.45, 2.75) is 46.2 Å². The summed E-state index contributed by atoms with van der Waals surface area (Å²) in [5.41, 5.74) is 1.16. The molecule has 0 saturated carbocycles. The number of ether oxygens (including phenoxy) is 3. The van der Waals surface area contributed by atoms with E-state index in [9.17, 15) is 0 Å². The average molecular weight is 279 g/mol. The Labute approximate surface area is 121 Å². The van der Waals surface area contributed by atoms with E-state index < -0.39 is 0 Å². The van der Waals surface area contributed by atoms with Gasteiger partial charge in [-0.1, -0.05) is 26.7 Å². The van der Waals surface area contributed by atoms with Crippen LogP contribution in [0.1, 0.15) is 39.2 Å². The highest BCUT2D eigenvalue weighted by atomic mass is 16.7. The minimum Gasteiger partial charge on any atom is -0.493 e. The van der Waals surface area contributed by atoms with Crippen molar-refractivity contribution in [2.75, 3.05) is 13.9 Å². The summed E-state index contributed by atoms with van der Waals surface area (Å²) >= 11 is 0. The Morgan fingerprint density at radius 1 is 1.25 bits per heavy atom. The van der Waals surface area contributed by atoms with E-state index in [4.69, 9.17) is 14.2 Å². The van der Waals surface area contributed by atoms with Gasteiger partial charge in [-0.2, -0.15) is 0 Å². The quantitative estimate of drug-likeness (QED) is 0.831. The normalized spacial score (nSPS) is 14.7. The number of rotatable bonds is 7. The van der Waals surface area contributed by atoms with E-state index in [1.54, 1.807) is 7.11 Å². The number of hydrogen-bond acceptors (Lipinski definition) is 4. The number of methoxy groups -OCH3 is 1. The van der Waals surface area contributed by atoms with Gasteiger partial charge in [-0.05, 0) is 30.5 Å². The molecule has 1 aromatic rings. The van der Waals surface area contributed by atoms with Gasteiger partial charge in [0.1, 0.15) is 0 Å². The van der Waals surface area contributed by atoms with Gasteiger partial charge in [-0.25, -0.2) is 0 Å². The Hall–Kier alpha value is -1.42. The Bertz CT molecular complexity index is 444. The lowest BCUT2D eigenvalue weighted by atomic mass is 9.95. The van der Waals surface area contributed by atoms with Crippen molar-refractivity contribution in [3.63, 3.8) is 0 Å². The highest BCUT2D eigenvalue weighted by Gasteiger charge is 2.20. The van der Waals surface area contributed by atoms with Crippen LogP contribution in [0.3, 0.4) is 0 Å². The molecule has 0 saturated heterocycles. The largest absolute Gasteiger partial charge is 0.493 e. The monoisotopic (exact) mass is 279 g/mol. The van der Waals surface area contributed by atoms with Crippen molar-refractivity contribution in [3.8, 4) is 17.2 Å². The standard InChI is InChI=1S/C16H25NO3/c1-5-13(6-2)11(3)17-9-12-7-14(18-4)16-15(8-12)19-10-20-16/h7-8,11,13,17H,5-6,9-10H2,1-4H3. The first-order chi connectivity index (χ1) is 9.69. The maximum absolute atomic E-state index is 5.45. The van der Waals surface area contributed by atoms with Gasteiger partial charge in [0.25, 0.3) is 0 Å². The van der Waals surface area contributed by atoms with Crippen LogP contribution in [0.4, 0.5) is 0 Å². The molecule has 0 aromatic heterocycles. The van der Waals surface area contributed by atoms with Gasteiger partial charge in [-0.3, -0.25) is 0 Å². The smallest absolute Gasteiger partial charge is 0.231 e. The molecule has 4 heteroatoms. The van der Waals surface area contributed by atoms with Gasteiger partial charge in [0.05, 0.1) is 7.11 Å². The molecule has 1 heterocycles. The van der Waals surface area contributed by atoms with E-state index in [-0.39, 0.29) is 6.79 Å². The Balaban J connectivity index is 2.03. The molecule has 4 nitrogen and oxygen atoms in total. The molecule has 1 atom stereocenters. The zero-order valence-corrected chi connectivity index (χ0v) is 12.9. The lowest BCUT2D eigenvalue weighted by Gasteiger charge is -2.22. The fourth-order valence-electron chi connectivity index (χ4n) is 2.73. The van der Waals surface area contributed by atoms with Crippen molar-refractivity contribution in [2.24, 2.45) is 5.92 Å². The number of hydrogen-bond donors (Lipinski definition) is 1. The Kier molecular flexibility index (Phi) is 5.12. The zero-order chi connectivity index (χ0) is 14.5. The average Bonchev–Trinajstić information content (AvgIpc) is 2.93. The van der Waals surface area contributed by atoms with E-state index in [0.717, 1.165) is 23.6 Å². The molecule has 0 radical (unpaired) electrons. The molecule has 0 aliphatic carbocycles. The van der Waals surface area contributed by atoms with E-state index in [0.29, 0.717) is 17.7 Å². The van der Waals surface area contributed by atoms with Crippen molar-refractivity contribution in [3.05, 3.63) is 17.7 Å². The first-order valence-corrected chi connectivity index (χ1v) is 7.39. The van der Waals surface area contributed by atoms with Crippen LogP contribution in [-0.2, 0) is 6.54 Å². The maximum Gasteiger partial charge on any atom is 0.231 e. The van der Waals surface area contributed by atoms with Gasteiger partial charge in [-0.15, -0.1) is 0 Å². The molecule has 112 valence electrons. The summed E-state index contributed by atoms with van der Waals surface area (Å²) in [4.78, 5) is 0. The molecule has 0 bridgehead atoms. The molecule has 0 spiro atoms. The topological polar surface area (TPSA) is 39.7 Å². The molecule has 1 aromatic carbocycles. The Morgan fingerprint density at radius 2 is 2.00 bits per heavy atom. The molecule has 1 unspecified atom stereocenters. The van der Waals surface area contributed by atoms with Gasteiger partial charge in [0.15, 0.2) is 11.5 Å². The third-order valence-electron chi connectivity index (χ3n) is 4.10. The Morgan fingerprint density at radius 3 is 2.65 bits per heavy atom. The summed E-state index contributed by atoms with van der Waals surface area (Å²) in [5, 5.41) is 3.59. The molecular weight excluding hydrogens is 254 g/mol. The molecular formula is C16H25NO3. The molecule has 1 N–H and O–H groups in total. The van der Waals surface area contributed by atoms with Gasteiger partial charge in [0, 0.05) is 12.6 Å². The molecule has 20 heavy (non-hydrogen) atoms. The maximum atomic E-state index is 5.45. The summed E-state index contributed by atoms with van der Waals surface area (Å²) < 4.78 is 16.2.